The number of hydrogen-bond acceptors (Lipinski definition) is 3. The Kier molecular flexibility index (Phi) is 5.61. The van der Waals surface area contributed by atoms with Gasteiger partial charge in [0.1, 0.15) is 11.9 Å². The summed E-state index contributed by atoms with van der Waals surface area (Å²) < 4.78 is 13.9. The number of hydrogen-bond donors (Lipinski definition) is 1. The van der Waals surface area contributed by atoms with Crippen molar-refractivity contribution in [2.75, 3.05) is 11.1 Å². The van der Waals surface area contributed by atoms with Gasteiger partial charge in [0, 0.05) is 11.3 Å². The number of nitrogens with one attached hydrogen (secondary N) is 1. The van der Waals surface area contributed by atoms with Gasteiger partial charge in [0.15, 0.2) is 0 Å². The van der Waals surface area contributed by atoms with Crippen LogP contribution in [0, 0.1) is 12.7 Å². The number of thioether (sulfide) groups is 1. The molecule has 1 aliphatic rings. The predicted molar refractivity (Wildman–Crippen MR) is 103 cm³/mol. The van der Waals surface area contributed by atoms with Crippen LogP contribution >= 0.6 is 11.8 Å². The van der Waals surface area contributed by atoms with Crippen molar-refractivity contribution < 1.29 is 14.0 Å². The molecule has 136 valence electrons. The molecule has 0 unspecified atom stereocenters. The van der Waals surface area contributed by atoms with E-state index in [1.807, 2.05) is 32.0 Å². The van der Waals surface area contributed by atoms with E-state index in [2.05, 4.69) is 5.32 Å². The summed E-state index contributed by atoms with van der Waals surface area (Å²) in [5, 5.41) is 2.56. The first-order valence-electron chi connectivity index (χ1n) is 8.58. The summed E-state index contributed by atoms with van der Waals surface area (Å²) in [5.41, 5.74) is 1.60. The van der Waals surface area contributed by atoms with E-state index in [0.29, 0.717) is 11.3 Å². The Morgan fingerprint density at radius 1 is 1.19 bits per heavy atom. The van der Waals surface area contributed by atoms with E-state index in [4.69, 9.17) is 0 Å². The van der Waals surface area contributed by atoms with Gasteiger partial charge < -0.3 is 10.2 Å². The highest BCUT2D eigenvalue weighted by molar-refractivity contribution is 8.00. The summed E-state index contributed by atoms with van der Waals surface area (Å²) in [6.07, 6.45) is 0.742. The number of carbonyl (C=O) groups excluding carboxylic acids is 2. The summed E-state index contributed by atoms with van der Waals surface area (Å²) >= 11 is 1.58. The fourth-order valence-corrected chi connectivity index (χ4v) is 4.44. The molecule has 0 aromatic heterocycles. The van der Waals surface area contributed by atoms with E-state index in [9.17, 15) is 14.0 Å². The molecule has 2 atom stereocenters. The maximum Gasteiger partial charge on any atom is 0.255 e. The van der Waals surface area contributed by atoms with Gasteiger partial charge in [0.25, 0.3) is 5.91 Å². The monoisotopic (exact) mass is 372 g/mol. The van der Waals surface area contributed by atoms with Gasteiger partial charge in [-0.05, 0) is 37.1 Å². The molecule has 2 amide bonds. The predicted octanol–water partition coefficient (Wildman–Crippen LogP) is 4.07. The third-order valence-corrected chi connectivity index (χ3v) is 5.94. The lowest BCUT2D eigenvalue weighted by molar-refractivity contribution is -0.119. The molecule has 1 heterocycles. The molecule has 0 radical (unpaired) electrons. The molecule has 2 aromatic carbocycles. The Morgan fingerprint density at radius 2 is 1.88 bits per heavy atom. The van der Waals surface area contributed by atoms with Gasteiger partial charge in [-0.25, -0.2) is 4.39 Å². The third-order valence-electron chi connectivity index (χ3n) is 4.49. The molecule has 1 saturated heterocycles. The fourth-order valence-electron chi connectivity index (χ4n) is 3.08. The molecule has 0 saturated carbocycles. The lowest BCUT2D eigenvalue weighted by Crippen LogP contribution is -2.47. The van der Waals surface area contributed by atoms with E-state index in [0.717, 1.165) is 12.0 Å². The van der Waals surface area contributed by atoms with Crippen LogP contribution in [0.4, 0.5) is 10.1 Å². The maximum absolute atomic E-state index is 13.9. The lowest BCUT2D eigenvalue weighted by atomic mass is 10.1. The van der Waals surface area contributed by atoms with Crippen LogP contribution in [0.15, 0.2) is 48.5 Å². The third kappa shape index (κ3) is 3.60. The Hall–Kier alpha value is -2.34. The molecule has 1 fully saturated rings. The first-order valence-corrected chi connectivity index (χ1v) is 9.63. The SMILES string of the molecule is CC[C@@H]1SC[C@@H](C(=O)Nc2ccccc2F)N1C(=O)c1ccccc1C. The van der Waals surface area contributed by atoms with Crippen molar-refractivity contribution in [2.45, 2.75) is 31.7 Å². The summed E-state index contributed by atoms with van der Waals surface area (Å²) in [7, 11) is 0. The molecule has 0 bridgehead atoms. The minimum absolute atomic E-state index is 0.0709. The number of amides is 2. The van der Waals surface area contributed by atoms with E-state index in [1.54, 1.807) is 34.9 Å². The van der Waals surface area contributed by atoms with Crippen molar-refractivity contribution in [1.29, 1.82) is 0 Å². The van der Waals surface area contributed by atoms with Gasteiger partial charge in [-0.1, -0.05) is 37.3 Å². The average molecular weight is 372 g/mol. The Bertz CT molecular complexity index is 827. The van der Waals surface area contributed by atoms with Crippen LogP contribution in [0.25, 0.3) is 0 Å². The second-order valence-corrected chi connectivity index (χ2v) is 7.42. The minimum atomic E-state index is -0.628. The largest absolute Gasteiger partial charge is 0.322 e. The van der Waals surface area contributed by atoms with Gasteiger partial charge in [0.05, 0.1) is 11.1 Å². The summed E-state index contributed by atoms with van der Waals surface area (Å²) in [6, 6.07) is 12.8. The van der Waals surface area contributed by atoms with Gasteiger partial charge in [-0.2, -0.15) is 0 Å². The maximum atomic E-state index is 13.9. The van der Waals surface area contributed by atoms with Crippen molar-refractivity contribution in [3.8, 4) is 0 Å². The molecule has 6 heteroatoms. The summed E-state index contributed by atoms with van der Waals surface area (Å²) in [6.45, 7) is 3.87. The zero-order chi connectivity index (χ0) is 18.7. The first-order chi connectivity index (χ1) is 12.5. The van der Waals surface area contributed by atoms with Gasteiger partial charge >= 0.3 is 0 Å². The number of aryl methyl sites for hydroxylation is 1. The molecule has 1 aliphatic heterocycles. The number of anilines is 1. The van der Waals surface area contributed by atoms with Crippen molar-refractivity contribution in [1.82, 2.24) is 4.90 Å². The lowest BCUT2D eigenvalue weighted by Gasteiger charge is -2.29. The van der Waals surface area contributed by atoms with Crippen LogP contribution in [0.3, 0.4) is 0 Å². The average Bonchev–Trinajstić information content (AvgIpc) is 3.07. The number of halogens is 1. The number of para-hydroxylation sites is 1. The molecule has 0 aliphatic carbocycles. The van der Waals surface area contributed by atoms with Crippen LogP contribution in [0.1, 0.15) is 29.3 Å². The van der Waals surface area contributed by atoms with Crippen molar-refractivity contribution in [2.24, 2.45) is 0 Å². The van der Waals surface area contributed by atoms with E-state index >= 15 is 0 Å². The molecule has 1 N–H and O–H groups in total. The van der Waals surface area contributed by atoms with Crippen LogP contribution in [-0.2, 0) is 4.79 Å². The quantitative estimate of drug-likeness (QED) is 0.880. The highest BCUT2D eigenvalue weighted by Gasteiger charge is 2.41. The van der Waals surface area contributed by atoms with E-state index in [-0.39, 0.29) is 22.9 Å². The normalized spacial score (nSPS) is 19.4. The molecular weight excluding hydrogens is 351 g/mol. The number of nitrogens with zero attached hydrogens (tertiary/aromatic N) is 1. The van der Waals surface area contributed by atoms with Crippen molar-refractivity contribution >= 4 is 29.3 Å². The standard InChI is InChI=1S/C20H21FN2O2S/c1-3-18-23(20(25)14-9-5-4-8-13(14)2)17(12-26-18)19(24)22-16-11-7-6-10-15(16)21/h4-11,17-18H,3,12H2,1-2H3,(H,22,24)/t17-,18-/m0/s1. The van der Waals surface area contributed by atoms with Crippen molar-refractivity contribution in [3.63, 3.8) is 0 Å². The first kappa shape index (κ1) is 18.5. The smallest absolute Gasteiger partial charge is 0.255 e. The van der Waals surface area contributed by atoms with Gasteiger partial charge in [-0.15, -0.1) is 11.8 Å². The zero-order valence-electron chi connectivity index (χ0n) is 14.7. The summed E-state index contributed by atoms with van der Waals surface area (Å²) in [5.74, 6) is -0.513. The van der Waals surface area contributed by atoms with Gasteiger partial charge in [-0.3, -0.25) is 9.59 Å². The van der Waals surface area contributed by atoms with Crippen LogP contribution in [0.2, 0.25) is 0 Å². The van der Waals surface area contributed by atoms with E-state index in [1.165, 1.54) is 12.1 Å². The Morgan fingerprint density at radius 3 is 2.58 bits per heavy atom. The van der Waals surface area contributed by atoms with E-state index < -0.39 is 11.9 Å². The highest BCUT2D eigenvalue weighted by Crippen LogP contribution is 2.33. The second kappa shape index (κ2) is 7.91. The van der Waals surface area contributed by atoms with Crippen LogP contribution in [0.5, 0.6) is 0 Å². The molecule has 26 heavy (non-hydrogen) atoms. The molecule has 3 rings (SSSR count). The number of carbonyl (C=O) groups is 2. The Labute approximate surface area is 156 Å². The van der Waals surface area contributed by atoms with Crippen molar-refractivity contribution in [3.05, 3.63) is 65.5 Å². The van der Waals surface area contributed by atoms with Crippen LogP contribution < -0.4 is 5.32 Å². The second-order valence-electron chi connectivity index (χ2n) is 6.21. The molecule has 4 nitrogen and oxygen atoms in total. The Balaban J connectivity index is 1.86. The topological polar surface area (TPSA) is 49.4 Å². The van der Waals surface area contributed by atoms with Gasteiger partial charge in [0.2, 0.25) is 5.91 Å². The number of rotatable bonds is 4. The molecule has 0 spiro atoms. The molecule has 2 aromatic rings. The minimum Gasteiger partial charge on any atom is -0.322 e. The highest BCUT2D eigenvalue weighted by atomic mass is 32.2. The zero-order valence-corrected chi connectivity index (χ0v) is 15.6. The molecular formula is C20H21FN2O2S. The van der Waals surface area contributed by atoms with Crippen LogP contribution in [-0.4, -0.2) is 33.9 Å². The summed E-state index contributed by atoms with van der Waals surface area (Å²) in [4.78, 5) is 27.5. The fraction of sp³-hybridized carbons (Fsp3) is 0.300. The number of benzene rings is 2.